The van der Waals surface area contributed by atoms with Gasteiger partial charge in [-0.2, -0.15) is 0 Å². The molecule has 0 aromatic carbocycles. The lowest BCUT2D eigenvalue weighted by atomic mass is 9.72. The van der Waals surface area contributed by atoms with Crippen LogP contribution in [0.1, 0.15) is 87.0 Å². The third-order valence-corrected chi connectivity index (χ3v) is 5.29. The van der Waals surface area contributed by atoms with Crippen molar-refractivity contribution in [3.8, 4) is 0 Å². The van der Waals surface area contributed by atoms with E-state index in [4.69, 9.17) is 4.74 Å². The molecule has 0 spiro atoms. The van der Waals surface area contributed by atoms with E-state index in [0.29, 0.717) is 11.8 Å². The van der Waals surface area contributed by atoms with E-state index in [2.05, 4.69) is 54.9 Å². The lowest BCUT2D eigenvalue weighted by molar-refractivity contribution is -0.132. The molecule has 1 fully saturated rings. The summed E-state index contributed by atoms with van der Waals surface area (Å²) in [5, 5.41) is 0. The van der Waals surface area contributed by atoms with Crippen molar-refractivity contribution in [1.82, 2.24) is 0 Å². The first-order chi connectivity index (χ1) is 9.73. The van der Waals surface area contributed by atoms with Gasteiger partial charge in [0.1, 0.15) is 0 Å². The molecule has 1 aliphatic carbocycles. The van der Waals surface area contributed by atoms with Crippen LogP contribution >= 0.6 is 0 Å². The summed E-state index contributed by atoms with van der Waals surface area (Å²) in [7, 11) is 0. The lowest BCUT2D eigenvalue weighted by Crippen LogP contribution is -2.45. The molecule has 0 aromatic heterocycles. The van der Waals surface area contributed by atoms with Gasteiger partial charge in [-0.25, -0.2) is 0 Å². The molecular weight excluding hydrogens is 256 g/mol. The van der Waals surface area contributed by atoms with Crippen molar-refractivity contribution in [2.24, 2.45) is 23.2 Å². The molecule has 0 amide bonds. The monoisotopic (exact) mass is 295 g/mol. The predicted molar refractivity (Wildman–Crippen MR) is 93.3 cm³/mol. The summed E-state index contributed by atoms with van der Waals surface area (Å²) in [6.45, 7) is 17.2. The molecule has 0 saturated heterocycles. The zero-order valence-corrected chi connectivity index (χ0v) is 15.7. The van der Waals surface area contributed by atoms with Crippen molar-refractivity contribution in [2.45, 2.75) is 92.6 Å². The van der Waals surface area contributed by atoms with E-state index in [1.807, 2.05) is 0 Å². The summed E-state index contributed by atoms with van der Waals surface area (Å²) in [5.74, 6) is 2.06. The van der Waals surface area contributed by atoms with Crippen LogP contribution in [0.2, 0.25) is 0 Å². The molecule has 0 heterocycles. The normalized spacial score (nSPS) is 29.9. The summed E-state index contributed by atoms with van der Waals surface area (Å²) >= 11 is 0. The van der Waals surface area contributed by atoms with Crippen LogP contribution in [0.5, 0.6) is 0 Å². The standard InChI is InChI=1S/C20H39O/c1-8-11-19(7,13-16(2)3)15-21-20(17(4)5)12-9-10-18(6)14-20/h13,16-18H,8-12,14-15H2,1-7H3. The van der Waals surface area contributed by atoms with Crippen LogP contribution in [0, 0.1) is 29.6 Å². The third kappa shape index (κ3) is 5.58. The molecule has 21 heavy (non-hydrogen) atoms. The Kier molecular flexibility index (Phi) is 7.24. The summed E-state index contributed by atoms with van der Waals surface area (Å²) in [6, 6.07) is 0. The Balaban J connectivity index is 2.74. The van der Waals surface area contributed by atoms with Crippen LogP contribution in [0.15, 0.2) is 0 Å². The highest BCUT2D eigenvalue weighted by atomic mass is 16.5. The Bertz CT molecular complexity index is 296. The van der Waals surface area contributed by atoms with Gasteiger partial charge in [0.15, 0.2) is 0 Å². The average Bonchev–Trinajstić information content (AvgIpc) is 2.36. The second kappa shape index (κ2) is 7.99. The number of hydrogen-bond acceptors (Lipinski definition) is 1. The average molecular weight is 296 g/mol. The van der Waals surface area contributed by atoms with Gasteiger partial charge in [-0.3, -0.25) is 0 Å². The Morgan fingerprint density at radius 3 is 2.43 bits per heavy atom. The van der Waals surface area contributed by atoms with Crippen LogP contribution in [-0.4, -0.2) is 12.2 Å². The van der Waals surface area contributed by atoms with E-state index in [9.17, 15) is 0 Å². The zero-order chi connectivity index (χ0) is 16.1. The largest absolute Gasteiger partial charge is 0.374 e. The third-order valence-electron chi connectivity index (χ3n) is 5.29. The van der Waals surface area contributed by atoms with Gasteiger partial charge in [0.05, 0.1) is 12.2 Å². The molecular formula is C20H39O. The molecule has 0 aromatic rings. The minimum absolute atomic E-state index is 0.123. The first kappa shape index (κ1) is 19.0. The SMILES string of the molecule is CCCC(C)([CH]C(C)C)COC1(C(C)C)CCCC(C)C1. The van der Waals surface area contributed by atoms with E-state index in [0.717, 1.165) is 12.5 Å². The molecule has 1 saturated carbocycles. The smallest absolute Gasteiger partial charge is 0.0708 e. The number of rotatable bonds is 8. The van der Waals surface area contributed by atoms with Crippen molar-refractivity contribution in [1.29, 1.82) is 0 Å². The van der Waals surface area contributed by atoms with E-state index in [-0.39, 0.29) is 11.0 Å². The molecule has 0 N–H and O–H groups in total. The highest BCUT2D eigenvalue weighted by molar-refractivity contribution is 4.94. The fourth-order valence-electron chi connectivity index (χ4n) is 4.25. The first-order valence-electron chi connectivity index (χ1n) is 9.23. The quantitative estimate of drug-likeness (QED) is 0.512. The fourth-order valence-corrected chi connectivity index (χ4v) is 4.25. The van der Waals surface area contributed by atoms with Crippen LogP contribution in [0.4, 0.5) is 0 Å². The first-order valence-corrected chi connectivity index (χ1v) is 9.23. The van der Waals surface area contributed by atoms with Gasteiger partial charge in [0.25, 0.3) is 0 Å². The van der Waals surface area contributed by atoms with Crippen molar-refractivity contribution >= 4 is 0 Å². The highest BCUT2D eigenvalue weighted by Gasteiger charge is 2.40. The molecule has 1 nitrogen and oxygen atoms in total. The van der Waals surface area contributed by atoms with E-state index in [1.165, 1.54) is 38.5 Å². The van der Waals surface area contributed by atoms with Gasteiger partial charge >= 0.3 is 0 Å². The van der Waals surface area contributed by atoms with Gasteiger partial charge in [-0.1, -0.05) is 67.7 Å². The van der Waals surface area contributed by atoms with E-state index in [1.54, 1.807) is 0 Å². The van der Waals surface area contributed by atoms with Gasteiger partial charge in [-0.15, -0.1) is 0 Å². The molecule has 0 aliphatic heterocycles. The Labute approximate surface area is 134 Å². The molecule has 0 bridgehead atoms. The summed E-state index contributed by atoms with van der Waals surface area (Å²) in [4.78, 5) is 0. The maximum atomic E-state index is 6.69. The Morgan fingerprint density at radius 1 is 1.29 bits per heavy atom. The van der Waals surface area contributed by atoms with Gasteiger partial charge in [0, 0.05) is 0 Å². The molecule has 1 aliphatic rings. The second-order valence-electron chi connectivity index (χ2n) is 8.52. The van der Waals surface area contributed by atoms with E-state index < -0.39 is 0 Å². The van der Waals surface area contributed by atoms with Crippen LogP contribution in [-0.2, 0) is 4.74 Å². The Morgan fingerprint density at radius 2 is 1.95 bits per heavy atom. The zero-order valence-electron chi connectivity index (χ0n) is 15.7. The summed E-state index contributed by atoms with van der Waals surface area (Å²) < 4.78 is 6.69. The fraction of sp³-hybridized carbons (Fsp3) is 0.950. The summed E-state index contributed by atoms with van der Waals surface area (Å²) in [5.41, 5.74) is 0.350. The van der Waals surface area contributed by atoms with Crippen molar-refractivity contribution in [3.63, 3.8) is 0 Å². The van der Waals surface area contributed by atoms with Gasteiger partial charge in [0.2, 0.25) is 0 Å². The number of hydrogen-bond donors (Lipinski definition) is 0. The minimum atomic E-state index is 0.123. The van der Waals surface area contributed by atoms with Crippen LogP contribution < -0.4 is 0 Å². The minimum Gasteiger partial charge on any atom is -0.374 e. The molecule has 3 unspecified atom stereocenters. The maximum Gasteiger partial charge on any atom is 0.0708 e. The van der Waals surface area contributed by atoms with Crippen molar-refractivity contribution in [2.75, 3.05) is 6.61 Å². The van der Waals surface area contributed by atoms with Crippen LogP contribution in [0.25, 0.3) is 0 Å². The topological polar surface area (TPSA) is 9.23 Å². The van der Waals surface area contributed by atoms with Crippen LogP contribution in [0.3, 0.4) is 0 Å². The molecule has 1 heteroatoms. The molecule has 3 atom stereocenters. The highest BCUT2D eigenvalue weighted by Crippen LogP contribution is 2.42. The van der Waals surface area contributed by atoms with Crippen molar-refractivity contribution in [3.05, 3.63) is 6.42 Å². The van der Waals surface area contributed by atoms with Gasteiger partial charge < -0.3 is 4.74 Å². The van der Waals surface area contributed by atoms with Crippen molar-refractivity contribution < 1.29 is 4.74 Å². The Hall–Kier alpha value is -0.0400. The van der Waals surface area contributed by atoms with Gasteiger partial charge in [-0.05, 0) is 48.9 Å². The summed E-state index contributed by atoms with van der Waals surface area (Å²) in [6.07, 6.45) is 10.2. The maximum absolute atomic E-state index is 6.69. The molecule has 1 rings (SSSR count). The van der Waals surface area contributed by atoms with E-state index >= 15 is 0 Å². The number of ether oxygens (including phenoxy) is 1. The lowest BCUT2D eigenvalue weighted by Gasteiger charge is -2.45. The molecule has 1 radical (unpaired) electrons. The second-order valence-corrected chi connectivity index (χ2v) is 8.52. The predicted octanol–water partition coefficient (Wildman–Crippen LogP) is 6.27. The molecule has 125 valence electrons.